The topological polar surface area (TPSA) is 6.48 Å². The predicted molar refractivity (Wildman–Crippen MR) is 258 cm³/mol. The summed E-state index contributed by atoms with van der Waals surface area (Å²) in [6.45, 7) is 2.35. The van der Waals surface area contributed by atoms with Gasteiger partial charge in [-0.1, -0.05) is 128 Å². The van der Waals surface area contributed by atoms with E-state index in [9.17, 15) is 0 Å². The number of fused-ring (bicyclic) bond motifs is 11. The first-order valence-electron chi connectivity index (χ1n) is 21.5. The third kappa shape index (κ3) is 5.90. The lowest BCUT2D eigenvalue weighted by Gasteiger charge is -2.35. The van der Waals surface area contributed by atoms with Crippen LogP contribution >= 0.6 is 23.1 Å². The van der Waals surface area contributed by atoms with Crippen molar-refractivity contribution >= 4 is 88.6 Å². The van der Waals surface area contributed by atoms with Crippen LogP contribution in [0.5, 0.6) is 0 Å². The van der Waals surface area contributed by atoms with Crippen LogP contribution in [0.4, 0.5) is 17.1 Å². The van der Waals surface area contributed by atoms with Gasteiger partial charge < -0.3 is 9.80 Å². The number of hydrogen-bond donors (Lipinski definition) is 0. The minimum Gasteiger partial charge on any atom is -0.314 e. The van der Waals surface area contributed by atoms with Crippen LogP contribution < -0.4 is 9.80 Å². The summed E-state index contributed by atoms with van der Waals surface area (Å²) in [5.41, 5.74) is 8.98. The van der Waals surface area contributed by atoms with E-state index >= 15 is 0 Å². The Morgan fingerprint density at radius 2 is 1.34 bits per heavy atom. The SMILES string of the molecule is CC1C=CC=C(N(C2=CC3C(C=C2)SC2C=CC=CC23)c2cc3c4ccccc4c(N(C4=CCCC=C4)c4ccc5sc6c(c5c4)C=CCC6)cc3c3ccccc23)C1. The fraction of sp³-hybridized carbons (Fsp3) is 0.200. The smallest absolute Gasteiger partial charge is 0.0546 e. The number of aryl methyl sites for hydroxylation is 1. The third-order valence-corrected chi connectivity index (χ3v) is 16.1. The summed E-state index contributed by atoms with van der Waals surface area (Å²) < 4.78 is 1.37. The Kier molecular flexibility index (Phi) is 8.59. The Bertz CT molecular complexity index is 3010. The molecule has 4 heteroatoms. The molecule has 12 rings (SSSR count). The van der Waals surface area contributed by atoms with Crippen molar-refractivity contribution in [2.24, 2.45) is 17.8 Å². The molecule has 5 aliphatic carbocycles. The Morgan fingerprint density at radius 3 is 2.12 bits per heavy atom. The molecule has 0 amide bonds. The molecule has 5 unspecified atom stereocenters. The maximum atomic E-state index is 2.62. The van der Waals surface area contributed by atoms with E-state index in [-0.39, 0.29) is 0 Å². The fourth-order valence-corrected chi connectivity index (χ4v) is 13.4. The molecule has 0 saturated carbocycles. The van der Waals surface area contributed by atoms with Gasteiger partial charge in [-0.25, -0.2) is 0 Å². The quantitative estimate of drug-likeness (QED) is 0.155. The van der Waals surface area contributed by atoms with Gasteiger partial charge in [-0.05, 0) is 114 Å². The lowest BCUT2D eigenvalue weighted by Crippen LogP contribution is -2.28. The van der Waals surface area contributed by atoms with Crippen molar-refractivity contribution in [2.45, 2.75) is 49.5 Å². The van der Waals surface area contributed by atoms with Crippen LogP contribution in [-0.2, 0) is 6.42 Å². The Balaban J connectivity index is 1.09. The number of rotatable bonds is 6. The summed E-state index contributed by atoms with van der Waals surface area (Å²) in [6, 6.07) is 30.5. The number of anilines is 3. The summed E-state index contributed by atoms with van der Waals surface area (Å²) in [4.78, 5) is 6.67. The molecule has 0 bridgehead atoms. The minimum atomic E-state index is 0.463. The van der Waals surface area contributed by atoms with Gasteiger partial charge in [0.25, 0.3) is 0 Å². The molecular formula is C55H46N2S2. The number of nitrogens with zero attached hydrogens (tertiary/aromatic N) is 2. The van der Waals surface area contributed by atoms with E-state index in [1.54, 1.807) is 0 Å². The fourth-order valence-electron chi connectivity index (χ4n) is 10.6. The number of thiophene rings is 1. The largest absolute Gasteiger partial charge is 0.314 e. The highest BCUT2D eigenvalue weighted by atomic mass is 32.2. The number of allylic oxidation sites excluding steroid dienone is 13. The van der Waals surface area contributed by atoms with Gasteiger partial charge in [0.2, 0.25) is 0 Å². The molecular weight excluding hydrogens is 753 g/mol. The zero-order chi connectivity index (χ0) is 39.0. The lowest BCUT2D eigenvalue weighted by atomic mass is 9.82. The van der Waals surface area contributed by atoms with E-state index < -0.39 is 0 Å². The third-order valence-electron chi connectivity index (χ3n) is 13.3. The van der Waals surface area contributed by atoms with Crippen LogP contribution in [-0.4, -0.2) is 10.5 Å². The van der Waals surface area contributed by atoms with Crippen molar-refractivity contribution in [3.8, 4) is 0 Å². The molecule has 1 fully saturated rings. The van der Waals surface area contributed by atoms with Gasteiger partial charge in [0, 0.05) is 70.8 Å². The van der Waals surface area contributed by atoms with Crippen LogP contribution in [0, 0.1) is 17.8 Å². The molecule has 2 heterocycles. The number of benzene rings is 5. The Labute approximate surface area is 355 Å². The highest BCUT2D eigenvalue weighted by Crippen LogP contribution is 2.51. The highest BCUT2D eigenvalue weighted by Gasteiger charge is 2.42. The second kappa shape index (κ2) is 14.3. The Morgan fingerprint density at radius 1 is 0.593 bits per heavy atom. The maximum Gasteiger partial charge on any atom is 0.0546 e. The van der Waals surface area contributed by atoms with E-state index in [4.69, 9.17) is 0 Å². The first kappa shape index (κ1) is 35.4. The van der Waals surface area contributed by atoms with Gasteiger partial charge in [-0.15, -0.1) is 23.1 Å². The van der Waals surface area contributed by atoms with Crippen molar-refractivity contribution in [1.82, 2.24) is 0 Å². The predicted octanol–water partition coefficient (Wildman–Crippen LogP) is 15.3. The molecule has 0 spiro atoms. The molecule has 1 aromatic heterocycles. The van der Waals surface area contributed by atoms with E-state index in [2.05, 4.69) is 198 Å². The molecule has 5 atom stereocenters. The van der Waals surface area contributed by atoms with Gasteiger partial charge in [-0.2, -0.15) is 0 Å². The molecule has 1 saturated heterocycles. The monoisotopic (exact) mass is 798 g/mol. The van der Waals surface area contributed by atoms with Gasteiger partial charge in [-0.3, -0.25) is 0 Å². The van der Waals surface area contributed by atoms with E-state index in [0.29, 0.717) is 28.3 Å². The second-order valence-corrected chi connectivity index (χ2v) is 19.5. The van der Waals surface area contributed by atoms with Gasteiger partial charge in [0.1, 0.15) is 0 Å². The summed E-state index contributed by atoms with van der Waals surface area (Å²) in [5.74, 6) is 1.45. The summed E-state index contributed by atoms with van der Waals surface area (Å²) in [5, 5.41) is 10.1. The molecule has 2 nitrogen and oxygen atoms in total. The van der Waals surface area contributed by atoms with Crippen molar-refractivity contribution in [3.05, 3.63) is 191 Å². The molecule has 59 heavy (non-hydrogen) atoms. The standard InChI is InChI=1S/C55H46N2S2/c1-35-14-13-17-37(30-35)57(39-27-29-55-49(32-39)45-23-10-12-25-53(45)59-55)51-34-47-40-18-5-7-20-42(40)50(33-46(47)41-19-6-8-21-43(41)51)56(36-15-3-2-4-16-36)38-26-28-54-48(31-38)44-22-9-11-24-52(44)58-54/h3,5-10,12-23,25-29,31-35,45,49,53,55H,2,4,11,24,30H2,1H3. The highest BCUT2D eigenvalue weighted by molar-refractivity contribution is 8.01. The first-order chi connectivity index (χ1) is 29.2. The van der Waals surface area contributed by atoms with Crippen LogP contribution in [0.3, 0.4) is 0 Å². The van der Waals surface area contributed by atoms with Crippen molar-refractivity contribution in [1.29, 1.82) is 0 Å². The molecule has 0 N–H and O–H groups in total. The normalized spacial score (nSPS) is 24.0. The number of hydrogen-bond acceptors (Lipinski definition) is 4. The minimum absolute atomic E-state index is 0.463. The van der Waals surface area contributed by atoms with Crippen LogP contribution in [0.15, 0.2) is 181 Å². The van der Waals surface area contributed by atoms with E-state index in [0.717, 1.165) is 32.1 Å². The summed E-state index contributed by atoms with van der Waals surface area (Å²) in [7, 11) is 0. The zero-order valence-corrected chi connectivity index (χ0v) is 34.9. The Hall–Kier alpha value is -5.55. The van der Waals surface area contributed by atoms with Gasteiger partial charge in [0.05, 0.1) is 11.4 Å². The summed E-state index contributed by atoms with van der Waals surface area (Å²) >= 11 is 4.09. The molecule has 0 radical (unpaired) electrons. The zero-order valence-electron chi connectivity index (χ0n) is 33.3. The van der Waals surface area contributed by atoms with Gasteiger partial charge in [0.15, 0.2) is 0 Å². The average Bonchev–Trinajstić information content (AvgIpc) is 3.85. The van der Waals surface area contributed by atoms with E-state index in [1.807, 2.05) is 11.3 Å². The molecule has 6 aromatic rings. The van der Waals surface area contributed by atoms with E-state index in [1.165, 1.54) is 87.0 Å². The molecule has 6 aliphatic rings. The lowest BCUT2D eigenvalue weighted by molar-refractivity contribution is 0.522. The van der Waals surface area contributed by atoms with Crippen molar-refractivity contribution in [3.63, 3.8) is 0 Å². The van der Waals surface area contributed by atoms with Crippen LogP contribution in [0.25, 0.3) is 48.5 Å². The van der Waals surface area contributed by atoms with Crippen LogP contribution in [0.2, 0.25) is 0 Å². The van der Waals surface area contributed by atoms with Gasteiger partial charge >= 0.3 is 0 Å². The molecule has 288 valence electrons. The van der Waals surface area contributed by atoms with Crippen molar-refractivity contribution in [2.75, 3.05) is 9.80 Å². The summed E-state index contributed by atoms with van der Waals surface area (Å²) in [6.07, 6.45) is 41.0. The average molecular weight is 799 g/mol. The second-order valence-electron chi connectivity index (χ2n) is 17.0. The van der Waals surface area contributed by atoms with Crippen LogP contribution in [0.1, 0.15) is 43.0 Å². The first-order valence-corrected chi connectivity index (χ1v) is 23.3. The molecule has 5 aromatic carbocycles. The number of thioether (sulfide) groups is 1. The maximum absolute atomic E-state index is 2.62. The molecule has 1 aliphatic heterocycles. The van der Waals surface area contributed by atoms with Crippen molar-refractivity contribution < 1.29 is 0 Å².